The van der Waals surface area contributed by atoms with Crippen molar-refractivity contribution in [1.82, 2.24) is 20.2 Å². The normalized spacial score (nSPS) is 17.9. The lowest BCUT2D eigenvalue weighted by molar-refractivity contribution is 0.252. The van der Waals surface area contributed by atoms with E-state index in [0.29, 0.717) is 6.04 Å². The van der Waals surface area contributed by atoms with Gasteiger partial charge in [0, 0.05) is 25.8 Å². The number of nitrogens with one attached hydrogen (secondary N) is 1. The average Bonchev–Trinajstić information content (AvgIpc) is 2.39. The molecule has 100 valence electrons. The summed E-state index contributed by atoms with van der Waals surface area (Å²) in [6.07, 6.45) is 6.08. The van der Waals surface area contributed by atoms with Crippen LogP contribution in [0.15, 0.2) is 12.4 Å². The molecule has 0 spiro atoms. The lowest BCUT2D eigenvalue weighted by atomic mass is 10.0. The van der Waals surface area contributed by atoms with Crippen LogP contribution in [-0.2, 0) is 6.54 Å². The van der Waals surface area contributed by atoms with Crippen LogP contribution >= 0.6 is 0 Å². The van der Waals surface area contributed by atoms with Gasteiger partial charge in [0.05, 0.1) is 11.9 Å². The number of piperidine rings is 1. The second-order valence-corrected chi connectivity index (χ2v) is 5.04. The lowest BCUT2D eigenvalue weighted by Crippen LogP contribution is -2.42. The zero-order valence-corrected chi connectivity index (χ0v) is 11.6. The molecule has 0 saturated carbocycles. The van der Waals surface area contributed by atoms with E-state index >= 15 is 0 Å². The van der Waals surface area contributed by atoms with Crippen molar-refractivity contribution in [1.29, 1.82) is 0 Å². The molecule has 0 unspecified atom stereocenters. The number of rotatable bonds is 4. The largest absolute Gasteiger partial charge is 0.355 e. The van der Waals surface area contributed by atoms with Gasteiger partial charge in [0.1, 0.15) is 5.82 Å². The van der Waals surface area contributed by atoms with E-state index in [1.165, 1.54) is 25.9 Å². The van der Waals surface area contributed by atoms with Crippen molar-refractivity contribution in [3.63, 3.8) is 0 Å². The van der Waals surface area contributed by atoms with Crippen LogP contribution < -0.4 is 10.2 Å². The van der Waals surface area contributed by atoms with Crippen molar-refractivity contribution in [2.24, 2.45) is 0 Å². The summed E-state index contributed by atoms with van der Waals surface area (Å²) in [6, 6.07) is 0.584. The molecule has 0 aliphatic carbocycles. The molecule has 5 nitrogen and oxygen atoms in total. The van der Waals surface area contributed by atoms with Gasteiger partial charge < -0.3 is 15.1 Å². The van der Waals surface area contributed by atoms with Crippen LogP contribution in [0, 0.1) is 0 Å². The highest BCUT2D eigenvalue weighted by Gasteiger charge is 2.21. The van der Waals surface area contributed by atoms with Crippen molar-refractivity contribution >= 4 is 5.82 Å². The summed E-state index contributed by atoms with van der Waals surface area (Å²) in [5.41, 5.74) is 0.995. The first kappa shape index (κ1) is 13.2. The summed E-state index contributed by atoms with van der Waals surface area (Å²) in [6.45, 7) is 3.10. The van der Waals surface area contributed by atoms with Gasteiger partial charge in [-0.05, 0) is 40.0 Å². The zero-order valence-electron chi connectivity index (χ0n) is 11.6. The van der Waals surface area contributed by atoms with Crippen LogP contribution in [-0.4, -0.2) is 55.1 Å². The number of hydrogen-bond donors (Lipinski definition) is 1. The Hall–Kier alpha value is -1.20. The lowest BCUT2D eigenvalue weighted by Gasteiger charge is -2.35. The zero-order chi connectivity index (χ0) is 13.0. The Balaban J connectivity index is 2.03. The molecule has 1 aliphatic rings. The van der Waals surface area contributed by atoms with Gasteiger partial charge >= 0.3 is 0 Å². The van der Waals surface area contributed by atoms with Crippen molar-refractivity contribution in [2.45, 2.75) is 25.4 Å². The van der Waals surface area contributed by atoms with Gasteiger partial charge in [-0.2, -0.15) is 0 Å². The van der Waals surface area contributed by atoms with Crippen molar-refractivity contribution in [3.05, 3.63) is 18.1 Å². The number of likely N-dealkylation sites (tertiary alicyclic amines) is 1. The number of nitrogens with zero attached hydrogens (tertiary/aromatic N) is 4. The van der Waals surface area contributed by atoms with Crippen molar-refractivity contribution in [3.8, 4) is 0 Å². The Morgan fingerprint density at radius 1 is 1.39 bits per heavy atom. The number of hydrogen-bond acceptors (Lipinski definition) is 5. The molecular formula is C13H23N5. The van der Waals surface area contributed by atoms with Gasteiger partial charge in [0.15, 0.2) is 0 Å². The van der Waals surface area contributed by atoms with E-state index in [0.717, 1.165) is 18.1 Å². The monoisotopic (exact) mass is 249 g/mol. The smallest absolute Gasteiger partial charge is 0.147 e. The molecule has 1 aromatic heterocycles. The third-order valence-corrected chi connectivity index (χ3v) is 3.63. The summed E-state index contributed by atoms with van der Waals surface area (Å²) < 4.78 is 0. The van der Waals surface area contributed by atoms with Gasteiger partial charge in [-0.1, -0.05) is 0 Å². The van der Waals surface area contributed by atoms with Crippen LogP contribution in [0.2, 0.25) is 0 Å². The standard InChI is InChI=1S/C13H23N5/c1-14-8-11-9-15-10-13(16-11)18(3)12-4-6-17(2)7-5-12/h9-10,12,14H,4-8H2,1-3H3. The molecule has 5 heteroatoms. The summed E-state index contributed by atoms with van der Waals surface area (Å²) >= 11 is 0. The topological polar surface area (TPSA) is 44.3 Å². The molecule has 0 atom stereocenters. The molecular weight excluding hydrogens is 226 g/mol. The Morgan fingerprint density at radius 3 is 2.78 bits per heavy atom. The fraction of sp³-hybridized carbons (Fsp3) is 0.692. The summed E-state index contributed by atoms with van der Waals surface area (Å²) in [4.78, 5) is 13.6. The fourth-order valence-corrected chi connectivity index (χ4v) is 2.40. The highest BCUT2D eigenvalue weighted by molar-refractivity contribution is 5.36. The minimum atomic E-state index is 0.584. The predicted molar refractivity (Wildman–Crippen MR) is 73.7 cm³/mol. The number of anilines is 1. The van der Waals surface area contributed by atoms with Gasteiger partial charge in [-0.25, -0.2) is 4.98 Å². The van der Waals surface area contributed by atoms with Crippen LogP contribution in [0.1, 0.15) is 18.5 Å². The predicted octanol–water partition coefficient (Wildman–Crippen LogP) is 0.726. The van der Waals surface area contributed by atoms with Crippen LogP contribution in [0.5, 0.6) is 0 Å². The molecule has 18 heavy (non-hydrogen) atoms. The first-order chi connectivity index (χ1) is 8.70. The molecule has 2 rings (SSSR count). The van der Waals surface area contributed by atoms with E-state index < -0.39 is 0 Å². The average molecular weight is 249 g/mol. The molecule has 2 heterocycles. The molecule has 1 aromatic rings. The van der Waals surface area contributed by atoms with Crippen molar-refractivity contribution in [2.75, 3.05) is 39.1 Å². The molecule has 1 saturated heterocycles. The molecule has 0 aromatic carbocycles. The van der Waals surface area contributed by atoms with Gasteiger partial charge in [0.2, 0.25) is 0 Å². The fourth-order valence-electron chi connectivity index (χ4n) is 2.40. The Bertz CT molecular complexity index is 373. The summed E-state index contributed by atoms with van der Waals surface area (Å²) in [5, 5.41) is 3.11. The van der Waals surface area contributed by atoms with E-state index in [4.69, 9.17) is 0 Å². The molecule has 1 N–H and O–H groups in total. The maximum absolute atomic E-state index is 4.64. The van der Waals surface area contributed by atoms with Gasteiger partial charge in [-0.15, -0.1) is 0 Å². The van der Waals surface area contributed by atoms with E-state index in [1.807, 2.05) is 19.4 Å². The highest BCUT2D eigenvalue weighted by atomic mass is 15.2. The van der Waals surface area contributed by atoms with E-state index in [1.54, 1.807) is 0 Å². The SMILES string of the molecule is CNCc1cncc(N(C)C2CCN(C)CC2)n1. The van der Waals surface area contributed by atoms with Crippen LogP contribution in [0.3, 0.4) is 0 Å². The van der Waals surface area contributed by atoms with Gasteiger partial charge in [-0.3, -0.25) is 4.98 Å². The Labute approximate surface area is 109 Å². The quantitative estimate of drug-likeness (QED) is 0.852. The van der Waals surface area contributed by atoms with E-state index in [-0.39, 0.29) is 0 Å². The Morgan fingerprint density at radius 2 is 2.11 bits per heavy atom. The molecule has 1 aliphatic heterocycles. The minimum absolute atomic E-state index is 0.584. The second-order valence-electron chi connectivity index (χ2n) is 5.04. The first-order valence-corrected chi connectivity index (χ1v) is 6.57. The number of aromatic nitrogens is 2. The van der Waals surface area contributed by atoms with Crippen LogP contribution in [0.4, 0.5) is 5.82 Å². The third-order valence-electron chi connectivity index (χ3n) is 3.63. The van der Waals surface area contributed by atoms with Crippen LogP contribution in [0.25, 0.3) is 0 Å². The van der Waals surface area contributed by atoms with Gasteiger partial charge in [0.25, 0.3) is 0 Å². The molecule has 1 fully saturated rings. The summed E-state index contributed by atoms with van der Waals surface area (Å²) in [5.74, 6) is 0.984. The van der Waals surface area contributed by atoms with E-state index in [9.17, 15) is 0 Å². The Kier molecular flexibility index (Phi) is 4.49. The highest BCUT2D eigenvalue weighted by Crippen LogP contribution is 2.19. The minimum Gasteiger partial charge on any atom is -0.355 e. The van der Waals surface area contributed by atoms with E-state index in [2.05, 4.69) is 39.2 Å². The maximum atomic E-state index is 4.64. The van der Waals surface area contributed by atoms with Crippen molar-refractivity contribution < 1.29 is 0 Å². The molecule has 0 radical (unpaired) electrons. The second kappa shape index (κ2) is 6.11. The maximum Gasteiger partial charge on any atom is 0.147 e. The molecule has 0 bridgehead atoms. The summed E-state index contributed by atoms with van der Waals surface area (Å²) in [7, 11) is 6.24. The first-order valence-electron chi connectivity index (χ1n) is 6.57. The third kappa shape index (κ3) is 3.17. The molecule has 0 amide bonds.